The van der Waals surface area contributed by atoms with Crippen molar-refractivity contribution in [2.75, 3.05) is 16.9 Å². The Labute approximate surface area is 203 Å². The first-order chi connectivity index (χ1) is 16.8. The van der Waals surface area contributed by atoms with Crippen molar-refractivity contribution in [2.24, 2.45) is 0 Å². The van der Waals surface area contributed by atoms with E-state index in [0.29, 0.717) is 16.4 Å². The molecule has 0 bridgehead atoms. The van der Waals surface area contributed by atoms with Crippen LogP contribution in [0, 0.1) is 10.1 Å². The van der Waals surface area contributed by atoms with E-state index in [4.69, 9.17) is 16.3 Å². The molecule has 2 N–H and O–H groups in total. The molecule has 0 spiro atoms. The van der Waals surface area contributed by atoms with Gasteiger partial charge in [0, 0.05) is 28.4 Å². The molecular formula is C24H17ClN4O6. The number of non-ortho nitro benzene ring substituents is 1. The van der Waals surface area contributed by atoms with Gasteiger partial charge in [-0.1, -0.05) is 29.8 Å². The minimum Gasteiger partial charge on any atom is -0.483 e. The van der Waals surface area contributed by atoms with Crippen LogP contribution in [0.25, 0.3) is 6.08 Å². The zero-order valence-corrected chi connectivity index (χ0v) is 18.7. The molecule has 11 heteroatoms. The molecule has 1 heterocycles. The summed E-state index contributed by atoms with van der Waals surface area (Å²) in [6, 6.07) is 18.6. The highest BCUT2D eigenvalue weighted by Gasteiger charge is 2.34. The van der Waals surface area contributed by atoms with Gasteiger partial charge in [-0.25, -0.2) is 5.01 Å². The molecule has 0 radical (unpaired) electrons. The van der Waals surface area contributed by atoms with Crippen molar-refractivity contribution < 1.29 is 24.0 Å². The van der Waals surface area contributed by atoms with E-state index < -0.39 is 29.3 Å². The summed E-state index contributed by atoms with van der Waals surface area (Å²) in [6.45, 7) is -0.424. The molecule has 0 unspecified atom stereocenters. The predicted octanol–water partition coefficient (Wildman–Crippen LogP) is 3.73. The van der Waals surface area contributed by atoms with Crippen LogP contribution in [0.4, 0.5) is 17.1 Å². The number of hydrazine groups is 1. The number of nitrogens with one attached hydrogen (secondary N) is 2. The van der Waals surface area contributed by atoms with Gasteiger partial charge >= 0.3 is 0 Å². The van der Waals surface area contributed by atoms with E-state index in [9.17, 15) is 24.5 Å². The number of para-hydroxylation sites is 1. The van der Waals surface area contributed by atoms with Gasteiger partial charge in [-0.2, -0.15) is 0 Å². The average molecular weight is 493 g/mol. The molecule has 10 nitrogen and oxygen atoms in total. The number of nitrogens with zero attached hydrogens (tertiary/aromatic N) is 2. The largest absolute Gasteiger partial charge is 0.483 e. The maximum absolute atomic E-state index is 12.9. The lowest BCUT2D eigenvalue weighted by Crippen LogP contribution is -2.35. The molecule has 1 aliphatic rings. The molecule has 1 saturated heterocycles. The Kier molecular flexibility index (Phi) is 6.74. The SMILES string of the molecule is O=C(COc1ccc([N+](=O)[O-])cc1C=C1C(=O)NN(c2ccccc2)C1=O)Nc1ccc(Cl)cc1. The van der Waals surface area contributed by atoms with Gasteiger partial charge in [0.05, 0.1) is 10.6 Å². The number of carbonyl (C=O) groups is 3. The highest BCUT2D eigenvalue weighted by Crippen LogP contribution is 2.29. The number of hydrogen-bond acceptors (Lipinski definition) is 6. The minimum atomic E-state index is -0.684. The van der Waals surface area contributed by atoms with E-state index in [1.165, 1.54) is 18.2 Å². The predicted molar refractivity (Wildman–Crippen MR) is 129 cm³/mol. The van der Waals surface area contributed by atoms with E-state index in [0.717, 1.165) is 11.1 Å². The van der Waals surface area contributed by atoms with Crippen LogP contribution in [-0.4, -0.2) is 29.3 Å². The number of hydrogen-bond donors (Lipinski definition) is 2. The Morgan fingerprint density at radius 1 is 1.09 bits per heavy atom. The molecule has 3 aromatic carbocycles. The van der Waals surface area contributed by atoms with Gasteiger partial charge in [0.15, 0.2) is 6.61 Å². The van der Waals surface area contributed by atoms with Crippen molar-refractivity contribution in [2.45, 2.75) is 0 Å². The van der Waals surface area contributed by atoms with Crippen LogP contribution in [0.3, 0.4) is 0 Å². The third-order valence-electron chi connectivity index (χ3n) is 4.90. The monoisotopic (exact) mass is 492 g/mol. The zero-order chi connectivity index (χ0) is 24.9. The smallest absolute Gasteiger partial charge is 0.282 e. The lowest BCUT2D eigenvalue weighted by atomic mass is 10.1. The summed E-state index contributed by atoms with van der Waals surface area (Å²) in [7, 11) is 0. The maximum atomic E-state index is 12.9. The Morgan fingerprint density at radius 2 is 1.80 bits per heavy atom. The first-order valence-electron chi connectivity index (χ1n) is 10.2. The van der Waals surface area contributed by atoms with Crippen molar-refractivity contribution in [1.82, 2.24) is 5.43 Å². The molecule has 1 fully saturated rings. The van der Waals surface area contributed by atoms with Crippen LogP contribution in [0.15, 0.2) is 78.4 Å². The topological polar surface area (TPSA) is 131 Å². The third kappa shape index (κ3) is 5.45. The van der Waals surface area contributed by atoms with Gasteiger partial charge in [0.2, 0.25) is 0 Å². The number of nitro groups is 1. The van der Waals surface area contributed by atoms with E-state index in [2.05, 4.69) is 10.7 Å². The lowest BCUT2D eigenvalue weighted by Gasteiger charge is -2.14. The van der Waals surface area contributed by atoms with Crippen LogP contribution in [0.5, 0.6) is 5.75 Å². The number of anilines is 2. The summed E-state index contributed by atoms with van der Waals surface area (Å²) in [4.78, 5) is 48.3. The maximum Gasteiger partial charge on any atom is 0.282 e. The van der Waals surface area contributed by atoms with Gasteiger partial charge in [-0.15, -0.1) is 0 Å². The van der Waals surface area contributed by atoms with Crippen LogP contribution >= 0.6 is 11.6 Å². The Hall–Kier alpha value is -4.70. The van der Waals surface area contributed by atoms with Gasteiger partial charge in [-0.05, 0) is 48.5 Å². The van der Waals surface area contributed by atoms with Gasteiger partial charge in [0.25, 0.3) is 23.4 Å². The van der Waals surface area contributed by atoms with E-state index in [1.54, 1.807) is 54.6 Å². The summed E-state index contributed by atoms with van der Waals surface area (Å²) in [6.07, 6.45) is 1.19. The molecule has 4 rings (SSSR count). The fourth-order valence-corrected chi connectivity index (χ4v) is 3.37. The summed E-state index contributed by atoms with van der Waals surface area (Å²) >= 11 is 5.83. The second-order valence-electron chi connectivity index (χ2n) is 7.30. The summed E-state index contributed by atoms with van der Waals surface area (Å²) in [5.74, 6) is -1.74. The molecular weight excluding hydrogens is 476 g/mol. The van der Waals surface area contributed by atoms with Crippen molar-refractivity contribution in [3.63, 3.8) is 0 Å². The molecule has 176 valence electrons. The first-order valence-corrected chi connectivity index (χ1v) is 10.6. The van der Waals surface area contributed by atoms with Crippen molar-refractivity contribution in [1.29, 1.82) is 0 Å². The fourth-order valence-electron chi connectivity index (χ4n) is 3.24. The number of nitro benzene ring substituents is 1. The molecule has 0 aliphatic carbocycles. The molecule has 0 aromatic heterocycles. The molecule has 0 atom stereocenters. The van der Waals surface area contributed by atoms with E-state index >= 15 is 0 Å². The minimum absolute atomic E-state index is 0.0770. The summed E-state index contributed by atoms with van der Waals surface area (Å²) < 4.78 is 5.56. The normalized spacial score (nSPS) is 14.1. The average Bonchev–Trinajstić information content (AvgIpc) is 3.13. The highest BCUT2D eigenvalue weighted by molar-refractivity contribution is 6.31. The zero-order valence-electron chi connectivity index (χ0n) is 17.9. The number of ether oxygens (including phenoxy) is 1. The second-order valence-corrected chi connectivity index (χ2v) is 7.73. The standard InChI is InChI=1S/C24H17ClN4O6/c25-16-6-8-17(9-7-16)26-22(30)14-35-21-11-10-19(29(33)34)12-15(21)13-20-23(31)27-28(24(20)32)18-4-2-1-3-5-18/h1-13H,14H2,(H,26,30)(H,27,31). The number of rotatable bonds is 7. The van der Waals surface area contributed by atoms with Crippen molar-refractivity contribution in [3.05, 3.63) is 99.1 Å². The van der Waals surface area contributed by atoms with Crippen LogP contribution in [-0.2, 0) is 14.4 Å². The van der Waals surface area contributed by atoms with Crippen LogP contribution in [0.1, 0.15) is 5.56 Å². The summed E-state index contributed by atoms with van der Waals surface area (Å²) in [5.41, 5.74) is 2.97. The molecule has 0 saturated carbocycles. The first kappa shape index (κ1) is 23.5. The number of benzene rings is 3. The van der Waals surface area contributed by atoms with Crippen molar-refractivity contribution in [3.8, 4) is 5.75 Å². The van der Waals surface area contributed by atoms with E-state index in [-0.39, 0.29) is 22.6 Å². The van der Waals surface area contributed by atoms with Gasteiger partial charge in [-0.3, -0.25) is 29.9 Å². The van der Waals surface area contributed by atoms with Crippen LogP contribution in [0.2, 0.25) is 5.02 Å². The van der Waals surface area contributed by atoms with E-state index in [1.807, 2.05) is 0 Å². The Balaban J connectivity index is 1.57. The molecule has 3 amide bonds. The Morgan fingerprint density at radius 3 is 2.49 bits per heavy atom. The molecule has 1 aliphatic heterocycles. The lowest BCUT2D eigenvalue weighted by molar-refractivity contribution is -0.384. The quantitative estimate of drug-likeness (QED) is 0.224. The molecule has 35 heavy (non-hydrogen) atoms. The third-order valence-corrected chi connectivity index (χ3v) is 5.15. The number of halogens is 1. The van der Waals surface area contributed by atoms with Crippen LogP contribution < -0.4 is 20.5 Å². The summed E-state index contributed by atoms with van der Waals surface area (Å²) in [5, 5.41) is 15.5. The Bertz CT molecular complexity index is 1340. The van der Waals surface area contributed by atoms with Gasteiger partial charge in [0.1, 0.15) is 11.3 Å². The fraction of sp³-hybridized carbons (Fsp3) is 0.0417. The second kappa shape index (κ2) is 10.1. The number of carbonyl (C=O) groups excluding carboxylic acids is 3. The number of amides is 3. The molecule has 3 aromatic rings. The highest BCUT2D eigenvalue weighted by atomic mass is 35.5. The van der Waals surface area contributed by atoms with Gasteiger partial charge < -0.3 is 10.1 Å². The van der Waals surface area contributed by atoms with Crippen molar-refractivity contribution >= 4 is 52.5 Å².